The number of halogens is 2. The van der Waals surface area contributed by atoms with Crippen molar-refractivity contribution < 1.29 is 47.0 Å². The molecule has 165 valence electrons. The topological polar surface area (TPSA) is 29.1 Å². The smallest absolute Gasteiger partial charge is 1.00 e. The van der Waals surface area contributed by atoms with Crippen LogP contribution in [0.4, 0.5) is 0 Å². The minimum absolute atomic E-state index is 0. The third-order valence-corrected chi connectivity index (χ3v) is 19.7. The first kappa shape index (κ1) is 25.5. The van der Waals surface area contributed by atoms with Crippen LogP contribution < -0.4 is 39.0 Å². The molecule has 0 bridgehead atoms. The molecule has 0 fully saturated rings. The molecule has 0 heterocycles. The fourth-order valence-corrected chi connectivity index (χ4v) is 20.1. The summed E-state index contributed by atoms with van der Waals surface area (Å²) in [5.41, 5.74) is 5.42. The van der Waals surface area contributed by atoms with Gasteiger partial charge in [0.2, 0.25) is 0 Å². The van der Waals surface area contributed by atoms with Crippen LogP contribution in [0.5, 0.6) is 0 Å². The second-order valence-corrected chi connectivity index (χ2v) is 18.2. The monoisotopic (exact) mass is 524 g/mol. The summed E-state index contributed by atoms with van der Waals surface area (Å²) in [6, 6.07) is 39.3. The standard InChI is InChI=1S/C13H9.C12H11Si.C2H5NO.2ClH.Ti/c1-3-7-12-10(5-1)9-11-6-2-4-8-13(11)12;1-3-7-11(8-4-1)13-12-9-5-2-6-10-12;1-2(3)4;;;/h1-9H;1-10,13H;1H3,(H2,3,4);2*1H;/q;;;;;+3/p-3. The predicted molar refractivity (Wildman–Crippen MR) is 127 cm³/mol. The first-order valence-electron chi connectivity index (χ1n) is 10.7. The number of amides is 1. The fourth-order valence-electron chi connectivity index (χ4n) is 4.85. The summed E-state index contributed by atoms with van der Waals surface area (Å²) in [6.07, 6.45) is 0. The zero-order chi connectivity index (χ0) is 21.2. The molecule has 4 aromatic carbocycles. The maximum atomic E-state index is 12.6. The van der Waals surface area contributed by atoms with Crippen LogP contribution in [0.15, 0.2) is 109 Å². The summed E-state index contributed by atoms with van der Waals surface area (Å²) in [5.74, 6) is 0.0984. The number of hydrogen-bond donors (Lipinski definition) is 1. The second-order valence-electron chi connectivity index (χ2n) is 8.00. The molecule has 1 N–H and O–H groups in total. The summed E-state index contributed by atoms with van der Waals surface area (Å²) in [7, 11) is 0. The Morgan fingerprint density at radius 2 is 1.06 bits per heavy atom. The van der Waals surface area contributed by atoms with E-state index in [0.29, 0.717) is 4.22 Å². The van der Waals surface area contributed by atoms with Gasteiger partial charge in [0.1, 0.15) is 0 Å². The van der Waals surface area contributed by atoms with E-state index in [2.05, 4.69) is 113 Å². The summed E-state index contributed by atoms with van der Waals surface area (Å²) in [5, 5.41) is 2.83. The zero-order valence-electron chi connectivity index (χ0n) is 18.2. The van der Waals surface area contributed by atoms with E-state index in [1.807, 2.05) is 0 Å². The molecule has 0 saturated heterocycles. The molecular weight excluding hydrogens is 501 g/mol. The Kier molecular flexibility index (Phi) is 8.75. The van der Waals surface area contributed by atoms with Crippen molar-refractivity contribution in [2.75, 3.05) is 0 Å². The molecule has 0 atom stereocenters. The van der Waals surface area contributed by atoms with Crippen molar-refractivity contribution in [1.82, 2.24) is 3.80 Å². The maximum Gasteiger partial charge on any atom is -1.00 e. The molecule has 6 heteroatoms. The van der Waals surface area contributed by atoms with Crippen LogP contribution in [-0.4, -0.2) is 12.6 Å². The quantitative estimate of drug-likeness (QED) is 0.300. The van der Waals surface area contributed by atoms with Crippen molar-refractivity contribution in [2.24, 2.45) is 0 Å². The van der Waals surface area contributed by atoms with Crippen molar-refractivity contribution in [3.05, 3.63) is 120 Å². The van der Waals surface area contributed by atoms with Crippen molar-refractivity contribution in [3.63, 3.8) is 0 Å². The minimum atomic E-state index is -2.22. The van der Waals surface area contributed by atoms with Gasteiger partial charge < -0.3 is 24.8 Å². The molecule has 0 aliphatic heterocycles. The summed E-state index contributed by atoms with van der Waals surface area (Å²) in [4.78, 5) is 12.6. The molecule has 5 rings (SSSR count). The first-order chi connectivity index (χ1) is 15.2. The molecule has 33 heavy (non-hydrogen) atoms. The van der Waals surface area contributed by atoms with Crippen molar-refractivity contribution >= 4 is 22.9 Å². The van der Waals surface area contributed by atoms with E-state index in [1.54, 1.807) is 6.92 Å². The van der Waals surface area contributed by atoms with Gasteiger partial charge in [-0.15, -0.1) is 0 Å². The number of nitrogens with one attached hydrogen (secondary N) is 1. The SMILES string of the molecule is CC(=O)[NH][Ti+2]([CH]1c2ccccc2-c2ccccc21)[SiH](c1ccccc1)c1ccccc1.[Cl-].[Cl-]. The molecule has 1 aliphatic carbocycles. The van der Waals surface area contributed by atoms with Crippen molar-refractivity contribution in [1.29, 1.82) is 0 Å². The Balaban J connectivity index is 0.00000153. The molecule has 0 radical (unpaired) electrons. The number of benzene rings is 4. The summed E-state index contributed by atoms with van der Waals surface area (Å²) >= 11 is -2.22. The van der Waals surface area contributed by atoms with Crippen molar-refractivity contribution in [2.45, 2.75) is 11.1 Å². The van der Waals surface area contributed by atoms with Gasteiger partial charge in [-0.1, -0.05) is 0 Å². The predicted octanol–water partition coefficient (Wildman–Crippen LogP) is -2.03. The van der Waals surface area contributed by atoms with E-state index in [4.69, 9.17) is 0 Å². The number of carbonyl (C=O) groups excluding carboxylic acids is 1. The Hall–Kier alpha value is -2.14. The normalized spacial score (nSPS) is 11.6. The number of rotatable bonds is 5. The van der Waals surface area contributed by atoms with E-state index < -0.39 is 24.0 Å². The Labute approximate surface area is 215 Å². The second kappa shape index (κ2) is 11.3. The fraction of sp³-hybridized carbons (Fsp3) is 0.0741. The Morgan fingerprint density at radius 1 is 0.667 bits per heavy atom. The van der Waals surface area contributed by atoms with Gasteiger partial charge in [0.05, 0.1) is 0 Å². The summed E-state index contributed by atoms with van der Waals surface area (Å²) < 4.78 is 3.89. The molecule has 1 amide bonds. The van der Waals surface area contributed by atoms with E-state index in [9.17, 15) is 4.79 Å². The molecule has 0 saturated carbocycles. The number of fused-ring (bicyclic) bond motifs is 3. The molecular formula is C27H24Cl2NOSiTi. The number of carbonyl (C=O) groups is 1. The summed E-state index contributed by atoms with van der Waals surface area (Å²) in [6.45, 7) is 0.0242. The van der Waals surface area contributed by atoms with Crippen LogP contribution in [0.3, 0.4) is 0 Å². The van der Waals surface area contributed by atoms with Crippen LogP contribution in [0.2, 0.25) is 0 Å². The van der Waals surface area contributed by atoms with Crippen molar-refractivity contribution in [3.8, 4) is 11.1 Å². The van der Waals surface area contributed by atoms with Gasteiger partial charge in [0.15, 0.2) is 0 Å². The van der Waals surface area contributed by atoms with Crippen LogP contribution in [0.1, 0.15) is 22.3 Å². The van der Waals surface area contributed by atoms with Gasteiger partial charge in [-0.05, 0) is 0 Å². The van der Waals surface area contributed by atoms with Gasteiger partial charge in [-0.2, -0.15) is 0 Å². The average Bonchev–Trinajstić information content (AvgIpc) is 3.14. The average molecular weight is 525 g/mol. The third-order valence-electron chi connectivity index (χ3n) is 6.04. The van der Waals surface area contributed by atoms with Crippen LogP contribution in [-0.2, 0) is 22.2 Å². The third kappa shape index (κ3) is 5.03. The van der Waals surface area contributed by atoms with Crippen LogP contribution >= 0.6 is 0 Å². The van der Waals surface area contributed by atoms with Crippen LogP contribution in [0, 0.1) is 0 Å². The molecule has 1 aliphatic rings. The Bertz CT molecular complexity index is 1140. The van der Waals surface area contributed by atoms with Gasteiger partial charge >= 0.3 is 192 Å². The van der Waals surface area contributed by atoms with E-state index in [0.717, 1.165) is 0 Å². The maximum absolute atomic E-state index is 12.6. The van der Waals surface area contributed by atoms with Crippen LogP contribution in [0.25, 0.3) is 11.1 Å². The minimum Gasteiger partial charge on any atom is -1.00 e. The molecule has 0 unspecified atom stereocenters. The van der Waals surface area contributed by atoms with E-state index >= 15 is 0 Å². The zero-order valence-corrected chi connectivity index (χ0v) is 22.4. The van der Waals surface area contributed by atoms with Gasteiger partial charge in [0.25, 0.3) is 0 Å². The molecule has 0 spiro atoms. The number of hydrogen-bond acceptors (Lipinski definition) is 1. The van der Waals surface area contributed by atoms with Gasteiger partial charge in [-0.3, -0.25) is 0 Å². The largest absolute Gasteiger partial charge is 1.00 e. The molecule has 2 nitrogen and oxygen atoms in total. The first-order valence-corrected chi connectivity index (χ1v) is 16.8. The van der Waals surface area contributed by atoms with Gasteiger partial charge in [-0.25, -0.2) is 0 Å². The molecule has 0 aromatic heterocycles. The van der Waals surface area contributed by atoms with E-state index in [1.165, 1.54) is 32.6 Å². The van der Waals surface area contributed by atoms with Gasteiger partial charge in [0, 0.05) is 0 Å². The van der Waals surface area contributed by atoms with E-state index in [-0.39, 0.29) is 30.7 Å². The molecule has 4 aromatic rings. The Morgan fingerprint density at radius 3 is 1.48 bits per heavy atom.